The second-order valence-electron chi connectivity index (χ2n) is 2.10. The van der Waals surface area contributed by atoms with E-state index in [0.717, 1.165) is 0 Å². The molecule has 0 bridgehead atoms. The van der Waals surface area contributed by atoms with Crippen molar-refractivity contribution >= 4 is 17.3 Å². The van der Waals surface area contributed by atoms with Gasteiger partial charge in [-0.25, -0.2) is 0 Å². The van der Waals surface area contributed by atoms with Crippen molar-refractivity contribution in [1.29, 1.82) is 0 Å². The number of thioether (sulfide) groups is 1. The Morgan fingerprint density at radius 1 is 1.67 bits per heavy atom. The molecular weight excluding hydrogens is 130 g/mol. The standard InChI is InChI=1S/C7H13NS/c1-6(2)7(3)9-5-8-4/h5-6H,3H2,1-2,4H3/b8-5-. The zero-order valence-electron chi connectivity index (χ0n) is 6.22. The lowest BCUT2D eigenvalue weighted by Crippen LogP contribution is -1.85. The van der Waals surface area contributed by atoms with Crippen LogP contribution in [0.15, 0.2) is 16.5 Å². The molecule has 1 nitrogen and oxygen atoms in total. The maximum absolute atomic E-state index is 3.86. The third-order valence-corrected chi connectivity index (χ3v) is 2.04. The van der Waals surface area contributed by atoms with Gasteiger partial charge >= 0.3 is 0 Å². The number of hydrogen-bond acceptors (Lipinski definition) is 2. The summed E-state index contributed by atoms with van der Waals surface area (Å²) < 4.78 is 0. The van der Waals surface area contributed by atoms with Crippen LogP contribution in [0.2, 0.25) is 0 Å². The van der Waals surface area contributed by atoms with Gasteiger partial charge in [0.2, 0.25) is 0 Å². The Morgan fingerprint density at radius 3 is 2.56 bits per heavy atom. The quantitative estimate of drug-likeness (QED) is 0.437. The van der Waals surface area contributed by atoms with Crippen LogP contribution in [0.1, 0.15) is 13.8 Å². The average Bonchev–Trinajstić information content (AvgIpc) is 1.82. The predicted octanol–water partition coefficient (Wildman–Crippen LogP) is 2.55. The van der Waals surface area contributed by atoms with Gasteiger partial charge in [-0.2, -0.15) is 0 Å². The fraction of sp³-hybridized carbons (Fsp3) is 0.571. The van der Waals surface area contributed by atoms with Crippen LogP contribution >= 0.6 is 11.8 Å². The van der Waals surface area contributed by atoms with Gasteiger partial charge in [-0.1, -0.05) is 32.2 Å². The summed E-state index contributed by atoms with van der Waals surface area (Å²) in [4.78, 5) is 5.00. The third-order valence-electron chi connectivity index (χ3n) is 0.953. The fourth-order valence-electron chi connectivity index (χ4n) is 0.256. The maximum atomic E-state index is 3.86. The summed E-state index contributed by atoms with van der Waals surface area (Å²) in [6.07, 6.45) is 0. The highest BCUT2D eigenvalue weighted by Crippen LogP contribution is 2.18. The first-order valence-corrected chi connectivity index (χ1v) is 3.82. The first-order chi connectivity index (χ1) is 4.18. The summed E-state index contributed by atoms with van der Waals surface area (Å²) >= 11 is 1.60. The summed E-state index contributed by atoms with van der Waals surface area (Å²) in [5, 5.41) is 0. The molecule has 0 aromatic carbocycles. The number of rotatable bonds is 3. The molecule has 0 amide bonds. The first-order valence-electron chi connectivity index (χ1n) is 2.94. The van der Waals surface area contributed by atoms with Crippen LogP contribution in [0.4, 0.5) is 0 Å². The molecular formula is C7H13NS. The highest BCUT2D eigenvalue weighted by molar-refractivity contribution is 8.15. The molecule has 9 heavy (non-hydrogen) atoms. The Balaban J connectivity index is 3.51. The number of allylic oxidation sites excluding steroid dienone is 1. The van der Waals surface area contributed by atoms with Gasteiger partial charge in [0.25, 0.3) is 0 Å². The lowest BCUT2D eigenvalue weighted by atomic mass is 10.2. The summed E-state index contributed by atoms with van der Waals surface area (Å²) in [6.45, 7) is 8.11. The molecule has 0 aliphatic rings. The van der Waals surface area contributed by atoms with Crippen LogP contribution in [0, 0.1) is 5.92 Å². The van der Waals surface area contributed by atoms with Crippen molar-refractivity contribution in [2.24, 2.45) is 10.9 Å². The molecule has 0 aliphatic carbocycles. The van der Waals surface area contributed by atoms with E-state index in [0.29, 0.717) is 5.92 Å². The molecule has 0 N–H and O–H groups in total. The summed E-state index contributed by atoms with van der Waals surface area (Å²) in [5.74, 6) is 0.549. The van der Waals surface area contributed by atoms with Crippen LogP contribution < -0.4 is 0 Å². The normalized spacial score (nSPS) is 11.1. The third kappa shape index (κ3) is 4.28. The zero-order chi connectivity index (χ0) is 7.28. The number of hydrogen-bond donors (Lipinski definition) is 0. The maximum Gasteiger partial charge on any atom is 0.0582 e. The smallest absolute Gasteiger partial charge is 0.0582 e. The van der Waals surface area contributed by atoms with Crippen LogP contribution in [-0.2, 0) is 0 Å². The Kier molecular flexibility index (Phi) is 4.50. The van der Waals surface area contributed by atoms with E-state index >= 15 is 0 Å². The van der Waals surface area contributed by atoms with Crippen LogP contribution in [0.3, 0.4) is 0 Å². The highest BCUT2D eigenvalue weighted by atomic mass is 32.2. The minimum atomic E-state index is 0.549. The van der Waals surface area contributed by atoms with Gasteiger partial charge in [0.15, 0.2) is 0 Å². The Labute approximate surface area is 61.3 Å². The van der Waals surface area contributed by atoms with Gasteiger partial charge in [-0.15, -0.1) is 0 Å². The molecule has 0 radical (unpaired) electrons. The summed E-state index contributed by atoms with van der Waals surface area (Å²) in [6, 6.07) is 0. The lowest BCUT2D eigenvalue weighted by molar-refractivity contribution is 0.821. The molecule has 0 aromatic rings. The fourth-order valence-corrected chi connectivity index (χ4v) is 0.769. The van der Waals surface area contributed by atoms with E-state index in [2.05, 4.69) is 25.4 Å². The highest BCUT2D eigenvalue weighted by Gasteiger charge is 1.96. The summed E-state index contributed by atoms with van der Waals surface area (Å²) in [7, 11) is 1.76. The molecule has 52 valence electrons. The van der Waals surface area contributed by atoms with Crippen LogP contribution in [-0.4, -0.2) is 12.6 Å². The zero-order valence-corrected chi connectivity index (χ0v) is 7.03. The van der Waals surface area contributed by atoms with Crippen molar-refractivity contribution in [2.45, 2.75) is 13.8 Å². The van der Waals surface area contributed by atoms with Gasteiger partial charge in [-0.3, -0.25) is 4.99 Å². The monoisotopic (exact) mass is 143 g/mol. The van der Waals surface area contributed by atoms with E-state index in [4.69, 9.17) is 0 Å². The molecule has 0 heterocycles. The van der Waals surface area contributed by atoms with E-state index in [1.807, 2.05) is 5.55 Å². The van der Waals surface area contributed by atoms with E-state index in [1.165, 1.54) is 4.91 Å². The van der Waals surface area contributed by atoms with E-state index < -0.39 is 0 Å². The Hall–Kier alpha value is -0.240. The SMILES string of the molecule is C=C(S/C=N\C)C(C)C. The van der Waals surface area contributed by atoms with Crippen molar-refractivity contribution in [3.8, 4) is 0 Å². The number of aliphatic imine (C=N–C) groups is 1. The molecule has 0 saturated carbocycles. The molecule has 0 rings (SSSR count). The Morgan fingerprint density at radius 2 is 2.22 bits per heavy atom. The van der Waals surface area contributed by atoms with Crippen molar-refractivity contribution < 1.29 is 0 Å². The van der Waals surface area contributed by atoms with Gasteiger partial charge in [0, 0.05) is 7.05 Å². The minimum absolute atomic E-state index is 0.549. The van der Waals surface area contributed by atoms with Gasteiger partial charge in [0.1, 0.15) is 0 Å². The van der Waals surface area contributed by atoms with Crippen molar-refractivity contribution in [3.63, 3.8) is 0 Å². The second kappa shape index (κ2) is 4.62. The Bertz CT molecular complexity index is 116. The van der Waals surface area contributed by atoms with Crippen molar-refractivity contribution in [1.82, 2.24) is 0 Å². The topological polar surface area (TPSA) is 12.4 Å². The van der Waals surface area contributed by atoms with Gasteiger partial charge in [-0.05, 0) is 10.8 Å². The molecule has 0 atom stereocenters. The first kappa shape index (κ1) is 8.76. The second-order valence-corrected chi connectivity index (χ2v) is 3.07. The molecule has 2 heteroatoms. The van der Waals surface area contributed by atoms with E-state index in [-0.39, 0.29) is 0 Å². The molecule has 0 aromatic heterocycles. The molecule has 0 unspecified atom stereocenters. The van der Waals surface area contributed by atoms with Crippen molar-refractivity contribution in [3.05, 3.63) is 11.5 Å². The van der Waals surface area contributed by atoms with Crippen molar-refractivity contribution in [2.75, 3.05) is 7.05 Å². The van der Waals surface area contributed by atoms with Gasteiger partial charge in [0.05, 0.1) is 5.55 Å². The average molecular weight is 143 g/mol. The van der Waals surface area contributed by atoms with Crippen LogP contribution in [0.5, 0.6) is 0 Å². The molecule has 0 saturated heterocycles. The lowest BCUT2D eigenvalue weighted by Gasteiger charge is -2.02. The molecule has 0 aliphatic heterocycles. The molecule has 0 fully saturated rings. The van der Waals surface area contributed by atoms with E-state index in [9.17, 15) is 0 Å². The minimum Gasteiger partial charge on any atom is -0.289 e. The molecule has 0 spiro atoms. The van der Waals surface area contributed by atoms with Crippen LogP contribution in [0.25, 0.3) is 0 Å². The summed E-state index contributed by atoms with van der Waals surface area (Å²) in [5.41, 5.74) is 1.81. The van der Waals surface area contributed by atoms with Gasteiger partial charge < -0.3 is 0 Å². The number of nitrogens with zero attached hydrogens (tertiary/aromatic N) is 1. The largest absolute Gasteiger partial charge is 0.289 e. The van der Waals surface area contributed by atoms with E-state index in [1.54, 1.807) is 18.8 Å². The predicted molar refractivity (Wildman–Crippen MR) is 46.0 cm³/mol.